The first kappa shape index (κ1) is 17.7. The molecule has 3 rings (SSSR count). The molecule has 0 aromatic heterocycles. The van der Waals surface area contributed by atoms with Gasteiger partial charge in [0.15, 0.2) is 0 Å². The highest BCUT2D eigenvalue weighted by Gasteiger charge is 2.20. The molecule has 1 aliphatic rings. The summed E-state index contributed by atoms with van der Waals surface area (Å²) in [5.41, 5.74) is 1.97. The Kier molecular flexibility index (Phi) is 5.57. The molecule has 2 aromatic carbocycles. The van der Waals surface area contributed by atoms with Gasteiger partial charge in [0.05, 0.1) is 20.3 Å². The van der Waals surface area contributed by atoms with Crippen molar-refractivity contribution >= 4 is 15.7 Å². The van der Waals surface area contributed by atoms with Gasteiger partial charge in [-0.2, -0.15) is 0 Å². The Balaban J connectivity index is 1.79. The van der Waals surface area contributed by atoms with Crippen molar-refractivity contribution in [2.45, 2.75) is 11.4 Å². The van der Waals surface area contributed by atoms with Crippen molar-refractivity contribution < 1.29 is 17.9 Å². The van der Waals surface area contributed by atoms with Crippen molar-refractivity contribution in [3.8, 4) is 5.75 Å². The fraction of sp³-hybridized carbons (Fsp3) is 0.333. The van der Waals surface area contributed by atoms with E-state index in [0.29, 0.717) is 19.0 Å². The first-order chi connectivity index (χ1) is 12.1. The molecule has 1 saturated heterocycles. The van der Waals surface area contributed by atoms with Crippen LogP contribution in [-0.4, -0.2) is 41.8 Å². The normalized spacial score (nSPS) is 15.2. The van der Waals surface area contributed by atoms with Crippen LogP contribution in [-0.2, 0) is 21.3 Å². The Morgan fingerprint density at radius 3 is 2.52 bits per heavy atom. The number of sulfonamides is 1. The Morgan fingerprint density at radius 2 is 1.76 bits per heavy atom. The van der Waals surface area contributed by atoms with Crippen molar-refractivity contribution in [1.82, 2.24) is 4.72 Å². The van der Waals surface area contributed by atoms with Crippen molar-refractivity contribution in [3.05, 3.63) is 54.1 Å². The number of hydrogen-bond acceptors (Lipinski definition) is 5. The van der Waals surface area contributed by atoms with E-state index >= 15 is 0 Å². The van der Waals surface area contributed by atoms with Gasteiger partial charge in [0.2, 0.25) is 10.0 Å². The number of benzene rings is 2. The van der Waals surface area contributed by atoms with E-state index in [1.807, 2.05) is 24.3 Å². The summed E-state index contributed by atoms with van der Waals surface area (Å²) in [6.07, 6.45) is 0. The van der Waals surface area contributed by atoms with E-state index in [1.54, 1.807) is 18.2 Å². The molecule has 0 spiro atoms. The molecule has 6 nitrogen and oxygen atoms in total. The Morgan fingerprint density at radius 1 is 1.08 bits per heavy atom. The monoisotopic (exact) mass is 362 g/mol. The van der Waals surface area contributed by atoms with Gasteiger partial charge in [-0.1, -0.05) is 30.3 Å². The fourth-order valence-corrected chi connectivity index (χ4v) is 4.04. The van der Waals surface area contributed by atoms with E-state index in [4.69, 9.17) is 9.47 Å². The number of nitrogens with one attached hydrogen (secondary N) is 1. The smallest absolute Gasteiger partial charge is 0.244 e. The van der Waals surface area contributed by atoms with Crippen LogP contribution in [0.3, 0.4) is 0 Å². The highest BCUT2D eigenvalue weighted by atomic mass is 32.2. The second-order valence-corrected chi connectivity index (χ2v) is 7.44. The van der Waals surface area contributed by atoms with E-state index < -0.39 is 10.0 Å². The molecule has 1 aliphatic heterocycles. The maximum atomic E-state index is 12.6. The minimum absolute atomic E-state index is 0.140. The molecule has 0 amide bonds. The first-order valence-electron chi connectivity index (χ1n) is 8.15. The number of nitrogens with zero attached hydrogens (tertiary/aromatic N) is 1. The van der Waals surface area contributed by atoms with E-state index in [2.05, 4.69) is 9.62 Å². The number of ether oxygens (including phenoxy) is 2. The zero-order valence-electron chi connectivity index (χ0n) is 14.1. The zero-order chi connectivity index (χ0) is 17.7. The third-order valence-corrected chi connectivity index (χ3v) is 5.60. The predicted molar refractivity (Wildman–Crippen MR) is 96.5 cm³/mol. The standard InChI is InChI=1S/C18H22N2O4S/c1-23-17-8-4-5-9-18(17)25(21,22)19-14-15-6-2-3-7-16(15)20-10-12-24-13-11-20/h2-9,19H,10-14H2,1H3. The highest BCUT2D eigenvalue weighted by molar-refractivity contribution is 7.89. The molecule has 25 heavy (non-hydrogen) atoms. The lowest BCUT2D eigenvalue weighted by atomic mass is 10.1. The maximum Gasteiger partial charge on any atom is 0.244 e. The minimum Gasteiger partial charge on any atom is -0.495 e. The van der Waals surface area contributed by atoms with Gasteiger partial charge in [-0.25, -0.2) is 13.1 Å². The molecule has 0 radical (unpaired) electrons. The highest BCUT2D eigenvalue weighted by Crippen LogP contribution is 2.25. The lowest BCUT2D eigenvalue weighted by Crippen LogP contribution is -2.37. The van der Waals surface area contributed by atoms with E-state index in [9.17, 15) is 8.42 Å². The number of hydrogen-bond donors (Lipinski definition) is 1. The van der Waals surface area contributed by atoms with E-state index in [-0.39, 0.29) is 11.4 Å². The largest absolute Gasteiger partial charge is 0.495 e. The van der Waals surface area contributed by atoms with Gasteiger partial charge in [0.25, 0.3) is 0 Å². The third kappa shape index (κ3) is 4.12. The van der Waals surface area contributed by atoms with Crippen LogP contribution >= 0.6 is 0 Å². The summed E-state index contributed by atoms with van der Waals surface area (Å²) in [6.45, 7) is 3.18. The van der Waals surface area contributed by atoms with Gasteiger partial charge >= 0.3 is 0 Å². The number of rotatable bonds is 6. The van der Waals surface area contributed by atoms with E-state index in [0.717, 1.165) is 24.3 Å². The van der Waals surface area contributed by atoms with Gasteiger partial charge in [-0.15, -0.1) is 0 Å². The van der Waals surface area contributed by atoms with Crippen molar-refractivity contribution in [1.29, 1.82) is 0 Å². The molecule has 7 heteroatoms. The van der Waals surface area contributed by atoms with E-state index in [1.165, 1.54) is 13.2 Å². The summed E-state index contributed by atoms with van der Waals surface area (Å²) < 4.78 is 38.5. The molecule has 0 aliphatic carbocycles. The molecule has 0 unspecified atom stereocenters. The lowest BCUT2D eigenvalue weighted by molar-refractivity contribution is 0.122. The quantitative estimate of drug-likeness (QED) is 0.851. The summed E-state index contributed by atoms with van der Waals surface area (Å²) in [4.78, 5) is 2.36. The Bertz CT molecular complexity index is 817. The molecule has 0 saturated carbocycles. The number of methoxy groups -OCH3 is 1. The Labute approximate surface area is 148 Å². The van der Waals surface area contributed by atoms with Gasteiger partial charge in [0, 0.05) is 25.3 Å². The fourth-order valence-electron chi connectivity index (χ4n) is 2.86. The van der Waals surface area contributed by atoms with Crippen LogP contribution < -0.4 is 14.4 Å². The average Bonchev–Trinajstić information content (AvgIpc) is 2.67. The average molecular weight is 362 g/mol. The summed E-state index contributed by atoms with van der Waals surface area (Å²) >= 11 is 0. The zero-order valence-corrected chi connectivity index (χ0v) is 15.0. The van der Waals surface area contributed by atoms with Crippen LogP contribution in [0.1, 0.15) is 5.56 Å². The van der Waals surface area contributed by atoms with Gasteiger partial charge in [-0.05, 0) is 23.8 Å². The second kappa shape index (κ2) is 7.86. The van der Waals surface area contributed by atoms with Crippen LogP contribution in [0.4, 0.5) is 5.69 Å². The SMILES string of the molecule is COc1ccccc1S(=O)(=O)NCc1ccccc1N1CCOCC1. The van der Waals surface area contributed by atoms with Crippen molar-refractivity contribution in [2.75, 3.05) is 38.3 Å². The second-order valence-electron chi connectivity index (χ2n) is 5.70. The predicted octanol–water partition coefficient (Wildman–Crippen LogP) is 2.01. The number of morpholine rings is 1. The number of anilines is 1. The molecule has 1 N–H and O–H groups in total. The van der Waals surface area contributed by atoms with Crippen LogP contribution in [0.15, 0.2) is 53.4 Å². The summed E-state index contributed by atoms with van der Waals surface area (Å²) in [5.74, 6) is 0.330. The minimum atomic E-state index is -3.67. The van der Waals surface area contributed by atoms with Gasteiger partial charge < -0.3 is 14.4 Å². The summed E-state index contributed by atoms with van der Waals surface area (Å²) in [7, 11) is -2.21. The Hall–Kier alpha value is -2.09. The summed E-state index contributed by atoms with van der Waals surface area (Å²) in [6, 6.07) is 14.4. The van der Waals surface area contributed by atoms with Crippen LogP contribution in [0.2, 0.25) is 0 Å². The van der Waals surface area contributed by atoms with Gasteiger partial charge in [-0.3, -0.25) is 0 Å². The van der Waals surface area contributed by atoms with Crippen molar-refractivity contribution in [2.24, 2.45) is 0 Å². The van der Waals surface area contributed by atoms with Crippen LogP contribution in [0, 0.1) is 0 Å². The first-order valence-corrected chi connectivity index (χ1v) is 9.63. The maximum absolute atomic E-state index is 12.6. The molecule has 1 heterocycles. The van der Waals surface area contributed by atoms with Crippen LogP contribution in [0.25, 0.3) is 0 Å². The molecular formula is C18H22N2O4S. The molecule has 0 atom stereocenters. The summed E-state index contributed by atoms with van der Waals surface area (Å²) in [5, 5.41) is 0. The van der Waals surface area contributed by atoms with Crippen LogP contribution in [0.5, 0.6) is 5.75 Å². The molecular weight excluding hydrogens is 340 g/mol. The van der Waals surface area contributed by atoms with Crippen molar-refractivity contribution in [3.63, 3.8) is 0 Å². The lowest BCUT2D eigenvalue weighted by Gasteiger charge is -2.30. The molecule has 134 valence electrons. The molecule has 2 aromatic rings. The number of para-hydroxylation sites is 2. The van der Waals surface area contributed by atoms with Gasteiger partial charge in [0.1, 0.15) is 10.6 Å². The molecule has 0 bridgehead atoms. The topological polar surface area (TPSA) is 67.9 Å². The molecule has 1 fully saturated rings. The third-order valence-electron chi connectivity index (χ3n) is 4.15.